The van der Waals surface area contributed by atoms with Gasteiger partial charge in [-0.15, -0.1) is 0 Å². The molecular weight excluding hydrogens is 670 g/mol. The number of carboxylic acid groups (broad SMARTS) is 1. The zero-order valence-electron chi connectivity index (χ0n) is 28.3. The molecule has 51 heavy (non-hydrogen) atoms. The Labute approximate surface area is 292 Å². The number of Topliss-reactive ketones (excluding diaryl/α,β-unsaturated/α-hetero) is 1. The first kappa shape index (κ1) is 36.4. The number of esters is 1. The predicted molar refractivity (Wildman–Crippen MR) is 174 cm³/mol. The van der Waals surface area contributed by atoms with Gasteiger partial charge in [-0.1, -0.05) is 12.1 Å². The number of nitrogens with zero attached hydrogens (tertiary/aromatic N) is 1. The number of aliphatic hydroxyl groups is 2. The molecule has 0 spiro atoms. The second kappa shape index (κ2) is 14.3. The minimum absolute atomic E-state index is 0.0249. The first-order chi connectivity index (χ1) is 24.2. The summed E-state index contributed by atoms with van der Waals surface area (Å²) in [6.45, 7) is 2.31. The van der Waals surface area contributed by atoms with Crippen LogP contribution in [0, 0.1) is 0 Å². The zero-order chi connectivity index (χ0) is 36.8. The maximum atomic E-state index is 14.0. The number of rotatable bonds is 11. The number of aliphatic carboxylic acids is 1. The minimum atomic E-state index is -2.37. The zero-order valence-corrected chi connectivity index (χ0v) is 28.3. The van der Waals surface area contributed by atoms with Crippen molar-refractivity contribution in [2.24, 2.45) is 0 Å². The molecule has 15 nitrogen and oxygen atoms in total. The first-order valence-electron chi connectivity index (χ1n) is 17.0. The second-order valence-electron chi connectivity index (χ2n) is 13.6. The van der Waals surface area contributed by atoms with Crippen LogP contribution >= 0.6 is 0 Å². The van der Waals surface area contributed by atoms with Crippen LogP contribution in [0.4, 0.5) is 0 Å². The smallest absolute Gasteiger partial charge is 0.306 e. The summed E-state index contributed by atoms with van der Waals surface area (Å²) in [7, 11) is 1.32. The van der Waals surface area contributed by atoms with Crippen molar-refractivity contribution in [3.05, 3.63) is 51.6 Å². The fourth-order valence-corrected chi connectivity index (χ4v) is 7.72. The number of carbonyl (C=O) groups is 5. The van der Waals surface area contributed by atoms with Crippen LogP contribution in [0.3, 0.4) is 0 Å². The summed E-state index contributed by atoms with van der Waals surface area (Å²) in [5, 5.41) is 55.2. The SMILES string of the molecule is COc1cccc2c1C(=O)c1c(O)c3c(c(O)c1C2=O)C[C@@](O)(C(=O)COC(=O)CCCC(=O)O)C[C@@H]3O[C@H]1C[C@H](N2CCCC2)[C@H](O)[C@H](C)O1. The molecule has 2 heterocycles. The lowest BCUT2D eigenvalue weighted by Gasteiger charge is -2.44. The fraction of sp³-hybridized carbons (Fsp3) is 0.528. The molecule has 2 aromatic carbocycles. The lowest BCUT2D eigenvalue weighted by atomic mass is 9.72. The Morgan fingerprint density at radius 3 is 2.41 bits per heavy atom. The third-order valence-electron chi connectivity index (χ3n) is 10.3. The van der Waals surface area contributed by atoms with Gasteiger partial charge in [0, 0.05) is 54.8 Å². The number of aromatic hydroxyl groups is 2. The normalized spacial score (nSPS) is 27.3. The number of hydrogen-bond donors (Lipinski definition) is 5. The minimum Gasteiger partial charge on any atom is -0.507 e. The molecular formula is C36H41NO14. The molecule has 6 atom stereocenters. The van der Waals surface area contributed by atoms with Crippen LogP contribution in [0.2, 0.25) is 0 Å². The maximum Gasteiger partial charge on any atom is 0.306 e. The van der Waals surface area contributed by atoms with Gasteiger partial charge in [0.25, 0.3) is 0 Å². The number of ketones is 3. The van der Waals surface area contributed by atoms with E-state index in [1.54, 1.807) is 6.92 Å². The molecule has 0 bridgehead atoms. The summed E-state index contributed by atoms with van der Waals surface area (Å²) < 4.78 is 22.8. The summed E-state index contributed by atoms with van der Waals surface area (Å²) in [6, 6.07) is 4.00. The topological polar surface area (TPSA) is 227 Å². The Kier molecular flexibility index (Phi) is 10.2. The van der Waals surface area contributed by atoms with Gasteiger partial charge in [0.05, 0.1) is 42.1 Å². The van der Waals surface area contributed by atoms with Crippen molar-refractivity contribution in [1.29, 1.82) is 0 Å². The average Bonchev–Trinajstić information content (AvgIpc) is 3.63. The Hall–Kier alpha value is -4.41. The Morgan fingerprint density at radius 2 is 1.73 bits per heavy atom. The molecule has 2 aliphatic heterocycles. The summed E-state index contributed by atoms with van der Waals surface area (Å²) >= 11 is 0. The first-order valence-corrected chi connectivity index (χ1v) is 17.0. The fourth-order valence-electron chi connectivity index (χ4n) is 7.72. The highest BCUT2D eigenvalue weighted by atomic mass is 16.7. The predicted octanol–water partition coefficient (Wildman–Crippen LogP) is 1.94. The number of ether oxygens (including phenoxy) is 4. The number of likely N-dealkylation sites (tertiary alicyclic amines) is 1. The number of carbonyl (C=O) groups excluding carboxylic acids is 4. The van der Waals surface area contributed by atoms with E-state index in [-0.39, 0.29) is 59.7 Å². The van der Waals surface area contributed by atoms with E-state index in [1.807, 2.05) is 0 Å². The molecule has 5 N–H and O–H groups in total. The molecule has 0 amide bonds. The number of methoxy groups -OCH3 is 1. The van der Waals surface area contributed by atoms with Crippen LogP contribution < -0.4 is 4.74 Å². The van der Waals surface area contributed by atoms with Crippen molar-refractivity contribution in [2.75, 3.05) is 26.8 Å². The molecule has 0 aromatic heterocycles. The molecule has 15 heteroatoms. The van der Waals surface area contributed by atoms with Gasteiger partial charge in [-0.2, -0.15) is 0 Å². The van der Waals surface area contributed by atoms with Crippen LogP contribution in [0.5, 0.6) is 17.2 Å². The number of phenolic OH excluding ortho intramolecular Hbond substituents is 2. The van der Waals surface area contributed by atoms with Gasteiger partial charge in [-0.05, 0) is 45.3 Å². The van der Waals surface area contributed by atoms with Gasteiger partial charge >= 0.3 is 11.9 Å². The van der Waals surface area contributed by atoms with Crippen LogP contribution in [0.15, 0.2) is 18.2 Å². The number of hydrogen-bond acceptors (Lipinski definition) is 14. The molecule has 0 radical (unpaired) electrons. The third-order valence-corrected chi connectivity index (χ3v) is 10.3. The largest absolute Gasteiger partial charge is 0.507 e. The van der Waals surface area contributed by atoms with Gasteiger partial charge < -0.3 is 44.5 Å². The Bertz CT molecular complexity index is 1760. The number of carboxylic acids is 1. The quantitative estimate of drug-likeness (QED) is 0.142. The van der Waals surface area contributed by atoms with Crippen LogP contribution in [0.1, 0.15) is 101 Å². The van der Waals surface area contributed by atoms with Crippen molar-refractivity contribution >= 4 is 29.3 Å². The summed E-state index contributed by atoms with van der Waals surface area (Å²) in [5.41, 5.74) is -3.91. The molecule has 274 valence electrons. The molecule has 2 aliphatic carbocycles. The summed E-state index contributed by atoms with van der Waals surface area (Å²) in [5.74, 6) is -5.88. The average molecular weight is 712 g/mol. The summed E-state index contributed by atoms with van der Waals surface area (Å²) in [6.07, 6.45) is -3.65. The third kappa shape index (κ3) is 6.71. The van der Waals surface area contributed by atoms with E-state index in [9.17, 15) is 44.4 Å². The van der Waals surface area contributed by atoms with Gasteiger partial charge in [0.1, 0.15) is 22.8 Å². The van der Waals surface area contributed by atoms with E-state index in [1.165, 1.54) is 25.3 Å². The van der Waals surface area contributed by atoms with Crippen LogP contribution in [-0.4, -0.2) is 117 Å². The molecule has 2 aromatic rings. The standard InChI is InChI=1S/C36H41NO14/c1-17-31(42)20(37-11-3-4-12-37)13-26(50-17)51-22-15-36(47,23(38)16-49-25(41)10-6-9-24(39)40)14-19-28(22)35(46)30-29(33(19)44)32(43)18-7-5-8-21(48-2)27(18)34(30)45/h5,7-8,17,20,22,26,31,42,44,46-47H,3-4,6,9-16H2,1-2H3,(H,39,40)/t17-,20-,22-,26-,31+,36-/m0/s1. The molecule has 2 fully saturated rings. The molecule has 0 saturated carbocycles. The van der Waals surface area contributed by atoms with Crippen LogP contribution in [-0.2, 0) is 35.0 Å². The maximum absolute atomic E-state index is 14.0. The number of aliphatic hydroxyl groups excluding tert-OH is 1. The molecule has 6 rings (SSSR count). The number of benzene rings is 2. The van der Waals surface area contributed by atoms with Gasteiger partial charge in [0.2, 0.25) is 11.6 Å². The van der Waals surface area contributed by atoms with E-state index in [4.69, 9.17) is 24.1 Å². The highest BCUT2D eigenvalue weighted by Gasteiger charge is 2.51. The van der Waals surface area contributed by atoms with Crippen molar-refractivity contribution < 1.29 is 68.5 Å². The number of fused-ring (bicyclic) bond motifs is 3. The van der Waals surface area contributed by atoms with Crippen molar-refractivity contribution in [3.63, 3.8) is 0 Å². The van der Waals surface area contributed by atoms with Crippen molar-refractivity contribution in [1.82, 2.24) is 4.90 Å². The molecule has 4 aliphatic rings. The van der Waals surface area contributed by atoms with E-state index >= 15 is 0 Å². The van der Waals surface area contributed by atoms with E-state index < -0.39 is 102 Å². The van der Waals surface area contributed by atoms with Gasteiger partial charge in [-0.25, -0.2) is 0 Å². The Balaban J connectivity index is 1.38. The lowest BCUT2D eigenvalue weighted by molar-refractivity contribution is -0.257. The monoisotopic (exact) mass is 711 g/mol. The van der Waals surface area contributed by atoms with Gasteiger partial charge in [0.15, 0.2) is 18.7 Å². The van der Waals surface area contributed by atoms with Crippen LogP contribution in [0.25, 0.3) is 0 Å². The molecule has 2 saturated heterocycles. The van der Waals surface area contributed by atoms with E-state index in [0.29, 0.717) is 0 Å². The van der Waals surface area contributed by atoms with Crippen molar-refractivity contribution in [2.45, 2.75) is 94.5 Å². The highest BCUT2D eigenvalue weighted by molar-refractivity contribution is 6.31. The van der Waals surface area contributed by atoms with Gasteiger partial charge in [-0.3, -0.25) is 28.9 Å². The van der Waals surface area contributed by atoms with E-state index in [0.717, 1.165) is 25.9 Å². The Morgan fingerprint density at radius 1 is 1.02 bits per heavy atom. The molecule has 0 unspecified atom stereocenters. The highest BCUT2D eigenvalue weighted by Crippen LogP contribution is 2.52. The summed E-state index contributed by atoms with van der Waals surface area (Å²) in [4.78, 5) is 66.6. The van der Waals surface area contributed by atoms with E-state index in [2.05, 4.69) is 4.90 Å². The van der Waals surface area contributed by atoms with Crippen molar-refractivity contribution in [3.8, 4) is 17.2 Å². The number of phenols is 2. The second-order valence-corrected chi connectivity index (χ2v) is 13.6. The lowest BCUT2D eigenvalue weighted by Crippen LogP contribution is -2.55.